The highest BCUT2D eigenvalue weighted by Crippen LogP contribution is 2.31. The lowest BCUT2D eigenvalue weighted by Gasteiger charge is -2.42. The minimum Gasteiger partial charge on any atom is -0.370 e. The summed E-state index contributed by atoms with van der Waals surface area (Å²) in [5.41, 5.74) is 5.16. The Hall–Kier alpha value is -1.06. The summed E-state index contributed by atoms with van der Waals surface area (Å²) >= 11 is 0. The second kappa shape index (κ2) is 12.3. The zero-order chi connectivity index (χ0) is 18.6. The molecule has 0 atom stereocenters. The number of hydrogen-bond donors (Lipinski definition) is 1. The van der Waals surface area contributed by atoms with Crippen LogP contribution in [0.3, 0.4) is 0 Å². The highest BCUT2D eigenvalue weighted by atomic mass is 16.2. The van der Waals surface area contributed by atoms with Crippen LogP contribution in [0.25, 0.3) is 0 Å². The molecule has 0 radical (unpaired) electrons. The number of amides is 2. The van der Waals surface area contributed by atoms with Gasteiger partial charge in [0.25, 0.3) is 0 Å². The lowest BCUT2D eigenvalue weighted by molar-refractivity contribution is -0.138. The van der Waals surface area contributed by atoms with Crippen molar-refractivity contribution in [3.8, 4) is 0 Å². The summed E-state index contributed by atoms with van der Waals surface area (Å²) in [5, 5.41) is 0. The Morgan fingerprint density at radius 2 is 1.08 bits per heavy atom. The van der Waals surface area contributed by atoms with Crippen LogP contribution in [-0.4, -0.2) is 28.8 Å². The van der Waals surface area contributed by atoms with Crippen molar-refractivity contribution in [1.82, 2.24) is 4.90 Å². The van der Waals surface area contributed by atoms with E-state index in [2.05, 4.69) is 4.90 Å². The molecule has 4 heteroatoms. The van der Waals surface area contributed by atoms with Crippen molar-refractivity contribution in [3.63, 3.8) is 0 Å². The lowest BCUT2D eigenvalue weighted by Crippen LogP contribution is -2.48. The Bertz CT molecular complexity index is 394. The molecular weight excluding hydrogens is 324 g/mol. The quantitative estimate of drug-likeness (QED) is 0.519. The molecule has 2 N–H and O–H groups in total. The average molecular weight is 365 g/mol. The molecule has 0 spiro atoms. The molecular formula is C22H40N2O2. The molecule has 0 saturated heterocycles. The van der Waals surface area contributed by atoms with Crippen molar-refractivity contribution < 1.29 is 9.59 Å². The molecule has 0 bridgehead atoms. The van der Waals surface area contributed by atoms with E-state index in [1.807, 2.05) is 0 Å². The fourth-order valence-corrected chi connectivity index (χ4v) is 4.84. The monoisotopic (exact) mass is 364 g/mol. The molecule has 26 heavy (non-hydrogen) atoms. The summed E-state index contributed by atoms with van der Waals surface area (Å²) in [7, 11) is 0. The first-order valence-electron chi connectivity index (χ1n) is 11.3. The molecule has 0 aliphatic heterocycles. The van der Waals surface area contributed by atoms with Gasteiger partial charge in [-0.25, -0.2) is 0 Å². The largest absolute Gasteiger partial charge is 0.370 e. The van der Waals surface area contributed by atoms with E-state index < -0.39 is 0 Å². The molecule has 2 saturated carbocycles. The van der Waals surface area contributed by atoms with Gasteiger partial charge >= 0.3 is 0 Å². The van der Waals surface area contributed by atoms with Gasteiger partial charge in [0.2, 0.25) is 11.8 Å². The number of unbranched alkanes of at least 4 members (excludes halogenated alkanes) is 5. The molecule has 0 heterocycles. The highest BCUT2D eigenvalue weighted by Gasteiger charge is 2.31. The average Bonchev–Trinajstić information content (AvgIpc) is 2.65. The highest BCUT2D eigenvalue weighted by molar-refractivity contribution is 5.77. The molecule has 0 aromatic heterocycles. The first-order valence-corrected chi connectivity index (χ1v) is 11.3. The van der Waals surface area contributed by atoms with Gasteiger partial charge < -0.3 is 10.6 Å². The Kier molecular flexibility index (Phi) is 10.1. The van der Waals surface area contributed by atoms with Crippen molar-refractivity contribution in [1.29, 1.82) is 0 Å². The van der Waals surface area contributed by atoms with Crippen molar-refractivity contribution in [3.05, 3.63) is 0 Å². The van der Waals surface area contributed by atoms with Gasteiger partial charge in [0, 0.05) is 24.9 Å². The molecule has 2 amide bonds. The van der Waals surface area contributed by atoms with Gasteiger partial charge in [-0.15, -0.1) is 0 Å². The van der Waals surface area contributed by atoms with Crippen LogP contribution in [0.1, 0.15) is 116 Å². The molecule has 0 aromatic carbocycles. The Morgan fingerprint density at radius 1 is 0.654 bits per heavy atom. The normalized spacial score (nSPS) is 19.4. The van der Waals surface area contributed by atoms with Gasteiger partial charge in [0.15, 0.2) is 0 Å². The number of carbonyl (C=O) groups is 2. The standard InChI is InChI=1S/C22H40N2O2/c23-21(25)17-11-3-1-2-4-12-18-22(26)24(19-13-7-5-8-14-19)20-15-9-6-10-16-20/h19-20H,1-18H2,(H2,23,25). The van der Waals surface area contributed by atoms with Crippen LogP contribution in [0, 0.1) is 0 Å². The number of primary amides is 1. The third kappa shape index (κ3) is 7.67. The van der Waals surface area contributed by atoms with Crippen molar-refractivity contribution in [2.75, 3.05) is 0 Å². The minimum absolute atomic E-state index is 0.193. The maximum absolute atomic E-state index is 13.0. The van der Waals surface area contributed by atoms with E-state index in [4.69, 9.17) is 5.73 Å². The third-order valence-electron chi connectivity index (χ3n) is 6.29. The van der Waals surface area contributed by atoms with Crippen molar-refractivity contribution >= 4 is 11.8 Å². The summed E-state index contributed by atoms with van der Waals surface area (Å²) in [6, 6.07) is 1.04. The maximum Gasteiger partial charge on any atom is 0.223 e. The minimum atomic E-state index is -0.193. The molecule has 2 aliphatic rings. The number of rotatable bonds is 11. The second-order valence-corrected chi connectivity index (χ2v) is 8.47. The molecule has 2 aliphatic carbocycles. The van der Waals surface area contributed by atoms with E-state index in [0.717, 1.165) is 38.5 Å². The first kappa shape index (κ1) is 21.2. The van der Waals surface area contributed by atoms with E-state index in [0.29, 0.717) is 24.4 Å². The van der Waals surface area contributed by atoms with E-state index in [1.54, 1.807) is 0 Å². The summed E-state index contributed by atoms with van der Waals surface area (Å²) < 4.78 is 0. The summed E-state index contributed by atoms with van der Waals surface area (Å²) in [6.07, 6.45) is 20.5. The van der Waals surface area contributed by atoms with Crippen LogP contribution in [0.5, 0.6) is 0 Å². The van der Waals surface area contributed by atoms with Gasteiger partial charge in [-0.2, -0.15) is 0 Å². The van der Waals surface area contributed by atoms with Crippen LogP contribution < -0.4 is 5.73 Å². The molecule has 0 aromatic rings. The van der Waals surface area contributed by atoms with Crippen LogP contribution in [0.4, 0.5) is 0 Å². The fraction of sp³-hybridized carbons (Fsp3) is 0.909. The number of carbonyl (C=O) groups excluding carboxylic acids is 2. The molecule has 0 unspecified atom stereocenters. The van der Waals surface area contributed by atoms with Gasteiger partial charge in [0.1, 0.15) is 0 Å². The molecule has 2 fully saturated rings. The van der Waals surface area contributed by atoms with Gasteiger partial charge in [-0.3, -0.25) is 9.59 Å². The first-order chi connectivity index (χ1) is 12.7. The predicted octanol–water partition coefficient (Wildman–Crippen LogP) is 5.09. The zero-order valence-corrected chi connectivity index (χ0v) is 16.7. The second-order valence-electron chi connectivity index (χ2n) is 8.47. The fourth-order valence-electron chi connectivity index (χ4n) is 4.84. The van der Waals surface area contributed by atoms with Gasteiger partial charge in [-0.1, -0.05) is 64.2 Å². The van der Waals surface area contributed by atoms with E-state index >= 15 is 0 Å². The maximum atomic E-state index is 13.0. The summed E-state index contributed by atoms with van der Waals surface area (Å²) in [4.78, 5) is 26.1. The van der Waals surface area contributed by atoms with E-state index in [9.17, 15) is 9.59 Å². The Labute approximate surface area is 160 Å². The predicted molar refractivity (Wildman–Crippen MR) is 107 cm³/mol. The molecule has 4 nitrogen and oxygen atoms in total. The zero-order valence-electron chi connectivity index (χ0n) is 16.7. The molecule has 2 rings (SSSR count). The van der Waals surface area contributed by atoms with Crippen LogP contribution in [-0.2, 0) is 9.59 Å². The third-order valence-corrected chi connectivity index (χ3v) is 6.29. The topological polar surface area (TPSA) is 63.4 Å². The summed E-state index contributed by atoms with van der Waals surface area (Å²) in [5.74, 6) is 0.235. The van der Waals surface area contributed by atoms with E-state index in [-0.39, 0.29) is 5.91 Å². The van der Waals surface area contributed by atoms with Crippen LogP contribution in [0.2, 0.25) is 0 Å². The van der Waals surface area contributed by atoms with Gasteiger partial charge in [-0.05, 0) is 38.5 Å². The summed E-state index contributed by atoms with van der Waals surface area (Å²) in [6.45, 7) is 0. The van der Waals surface area contributed by atoms with Crippen molar-refractivity contribution in [2.24, 2.45) is 5.73 Å². The molecule has 150 valence electrons. The smallest absolute Gasteiger partial charge is 0.223 e. The van der Waals surface area contributed by atoms with Crippen LogP contribution >= 0.6 is 0 Å². The number of hydrogen-bond acceptors (Lipinski definition) is 2. The number of nitrogens with two attached hydrogens (primary N) is 1. The Morgan fingerprint density at radius 3 is 1.54 bits per heavy atom. The van der Waals surface area contributed by atoms with Gasteiger partial charge in [0.05, 0.1) is 0 Å². The number of nitrogens with zero attached hydrogens (tertiary/aromatic N) is 1. The SMILES string of the molecule is NC(=O)CCCCCCCCC(=O)N(C1CCCCC1)C1CCCCC1. The Balaban J connectivity index is 1.69. The van der Waals surface area contributed by atoms with E-state index in [1.165, 1.54) is 70.6 Å². The lowest BCUT2D eigenvalue weighted by atomic mass is 9.88. The van der Waals surface area contributed by atoms with Crippen LogP contribution in [0.15, 0.2) is 0 Å². The van der Waals surface area contributed by atoms with Crippen molar-refractivity contribution in [2.45, 2.75) is 128 Å².